The highest BCUT2D eigenvalue weighted by atomic mass is 35.5. The first kappa shape index (κ1) is 13.2. The van der Waals surface area contributed by atoms with Gasteiger partial charge in [-0.3, -0.25) is 4.79 Å². The SMILES string of the molecule is C=CC(=O)Nc1ccc(Oc2ccc(Cl)cc2)cc1. The first-order chi connectivity index (χ1) is 9.17. The molecule has 0 unspecified atom stereocenters. The number of ether oxygens (including phenoxy) is 1. The number of carbonyl (C=O) groups is 1. The third-order valence-corrected chi connectivity index (χ3v) is 2.61. The molecule has 0 radical (unpaired) electrons. The Labute approximate surface area is 116 Å². The first-order valence-electron chi connectivity index (χ1n) is 5.64. The van der Waals surface area contributed by atoms with E-state index in [1.54, 1.807) is 48.5 Å². The van der Waals surface area contributed by atoms with Crippen LogP contribution in [0, 0.1) is 0 Å². The van der Waals surface area contributed by atoms with E-state index < -0.39 is 0 Å². The van der Waals surface area contributed by atoms with Crippen LogP contribution in [0.25, 0.3) is 0 Å². The lowest BCUT2D eigenvalue weighted by atomic mass is 10.3. The Hall–Kier alpha value is -2.26. The maximum absolute atomic E-state index is 11.1. The number of hydrogen-bond donors (Lipinski definition) is 1. The van der Waals surface area contributed by atoms with Gasteiger partial charge in [-0.1, -0.05) is 18.2 Å². The van der Waals surface area contributed by atoms with E-state index in [2.05, 4.69) is 11.9 Å². The third-order valence-electron chi connectivity index (χ3n) is 2.36. The van der Waals surface area contributed by atoms with Gasteiger partial charge >= 0.3 is 0 Å². The summed E-state index contributed by atoms with van der Waals surface area (Å²) in [5.41, 5.74) is 0.688. The van der Waals surface area contributed by atoms with Gasteiger partial charge < -0.3 is 10.1 Å². The second-order valence-corrected chi connectivity index (χ2v) is 4.21. The number of carbonyl (C=O) groups excluding carboxylic acids is 1. The molecule has 0 bridgehead atoms. The largest absolute Gasteiger partial charge is 0.457 e. The molecule has 0 heterocycles. The van der Waals surface area contributed by atoms with Gasteiger partial charge in [0, 0.05) is 10.7 Å². The molecule has 2 rings (SSSR count). The average Bonchev–Trinajstić information content (AvgIpc) is 2.43. The summed E-state index contributed by atoms with van der Waals surface area (Å²) in [5, 5.41) is 3.32. The molecule has 0 saturated heterocycles. The Morgan fingerprint density at radius 2 is 1.58 bits per heavy atom. The molecule has 0 aliphatic heterocycles. The number of hydrogen-bond acceptors (Lipinski definition) is 2. The fourth-order valence-electron chi connectivity index (χ4n) is 1.44. The maximum Gasteiger partial charge on any atom is 0.247 e. The minimum atomic E-state index is -0.244. The zero-order valence-corrected chi connectivity index (χ0v) is 10.9. The summed E-state index contributed by atoms with van der Waals surface area (Å²) in [6.45, 7) is 3.39. The molecule has 0 aliphatic rings. The maximum atomic E-state index is 11.1. The van der Waals surface area contributed by atoms with E-state index in [4.69, 9.17) is 16.3 Å². The molecule has 1 amide bonds. The predicted octanol–water partition coefficient (Wildman–Crippen LogP) is 4.26. The molecule has 96 valence electrons. The molecule has 1 N–H and O–H groups in total. The minimum Gasteiger partial charge on any atom is -0.457 e. The summed E-state index contributed by atoms with van der Waals surface area (Å²) in [6.07, 6.45) is 1.22. The van der Waals surface area contributed by atoms with Crippen molar-refractivity contribution in [2.75, 3.05) is 5.32 Å². The van der Waals surface area contributed by atoms with E-state index in [0.717, 1.165) is 0 Å². The fraction of sp³-hybridized carbons (Fsp3) is 0. The second-order valence-electron chi connectivity index (χ2n) is 3.77. The quantitative estimate of drug-likeness (QED) is 0.846. The van der Waals surface area contributed by atoms with Gasteiger partial charge in [-0.15, -0.1) is 0 Å². The lowest BCUT2D eigenvalue weighted by molar-refractivity contribution is -0.111. The summed E-state index contributed by atoms with van der Waals surface area (Å²) in [7, 11) is 0. The van der Waals surface area contributed by atoms with Crippen molar-refractivity contribution in [3.63, 3.8) is 0 Å². The van der Waals surface area contributed by atoms with Gasteiger partial charge in [0.15, 0.2) is 0 Å². The van der Waals surface area contributed by atoms with Crippen molar-refractivity contribution in [3.8, 4) is 11.5 Å². The van der Waals surface area contributed by atoms with E-state index >= 15 is 0 Å². The molecule has 0 saturated carbocycles. The molecule has 0 spiro atoms. The van der Waals surface area contributed by atoms with Crippen molar-refractivity contribution >= 4 is 23.2 Å². The third kappa shape index (κ3) is 3.86. The van der Waals surface area contributed by atoms with Crippen LogP contribution < -0.4 is 10.1 Å². The van der Waals surface area contributed by atoms with Crippen molar-refractivity contribution in [1.29, 1.82) is 0 Å². The fourth-order valence-corrected chi connectivity index (χ4v) is 1.56. The molecule has 4 heteroatoms. The van der Waals surface area contributed by atoms with Gasteiger partial charge in [0.2, 0.25) is 5.91 Å². The molecule has 3 nitrogen and oxygen atoms in total. The highest BCUT2D eigenvalue weighted by Crippen LogP contribution is 2.24. The zero-order chi connectivity index (χ0) is 13.7. The predicted molar refractivity (Wildman–Crippen MR) is 76.8 cm³/mol. The van der Waals surface area contributed by atoms with Crippen LogP contribution in [0.5, 0.6) is 11.5 Å². The van der Waals surface area contributed by atoms with Gasteiger partial charge in [-0.05, 0) is 54.6 Å². The molecule has 0 aromatic heterocycles. The van der Waals surface area contributed by atoms with E-state index in [1.165, 1.54) is 6.08 Å². The van der Waals surface area contributed by atoms with E-state index in [-0.39, 0.29) is 5.91 Å². The van der Waals surface area contributed by atoms with Crippen LogP contribution in [0.2, 0.25) is 5.02 Å². The number of nitrogens with one attached hydrogen (secondary N) is 1. The molecule has 0 aliphatic carbocycles. The smallest absolute Gasteiger partial charge is 0.247 e. The van der Waals surface area contributed by atoms with Gasteiger partial charge in [-0.2, -0.15) is 0 Å². The molecule has 19 heavy (non-hydrogen) atoms. The Bertz CT molecular complexity index is 576. The van der Waals surface area contributed by atoms with Gasteiger partial charge in [-0.25, -0.2) is 0 Å². The molecule has 2 aromatic carbocycles. The summed E-state index contributed by atoms with van der Waals surface area (Å²) in [4.78, 5) is 11.1. The lowest BCUT2D eigenvalue weighted by Gasteiger charge is -2.07. The zero-order valence-electron chi connectivity index (χ0n) is 10.1. The van der Waals surface area contributed by atoms with Gasteiger partial charge in [0.25, 0.3) is 0 Å². The van der Waals surface area contributed by atoms with Crippen molar-refractivity contribution in [2.24, 2.45) is 0 Å². The van der Waals surface area contributed by atoms with E-state index in [0.29, 0.717) is 22.2 Å². The van der Waals surface area contributed by atoms with Crippen LogP contribution >= 0.6 is 11.6 Å². The molecular weight excluding hydrogens is 262 g/mol. The normalized spacial score (nSPS) is 9.74. The Kier molecular flexibility index (Phi) is 4.21. The van der Waals surface area contributed by atoms with Crippen molar-refractivity contribution in [2.45, 2.75) is 0 Å². The Morgan fingerprint density at radius 1 is 1.05 bits per heavy atom. The van der Waals surface area contributed by atoms with Crippen molar-refractivity contribution in [3.05, 3.63) is 66.2 Å². The lowest BCUT2D eigenvalue weighted by Crippen LogP contribution is -2.06. The first-order valence-corrected chi connectivity index (χ1v) is 6.02. The molecule has 0 fully saturated rings. The number of amides is 1. The average molecular weight is 274 g/mol. The van der Waals surface area contributed by atoms with E-state index in [9.17, 15) is 4.79 Å². The van der Waals surface area contributed by atoms with E-state index in [1.807, 2.05) is 0 Å². The van der Waals surface area contributed by atoms with Gasteiger partial charge in [0.05, 0.1) is 0 Å². The summed E-state index contributed by atoms with van der Waals surface area (Å²) in [6, 6.07) is 14.1. The van der Waals surface area contributed by atoms with Crippen LogP contribution in [0.1, 0.15) is 0 Å². The monoisotopic (exact) mass is 273 g/mol. The van der Waals surface area contributed by atoms with Gasteiger partial charge in [0.1, 0.15) is 11.5 Å². The molecule has 2 aromatic rings. The minimum absolute atomic E-state index is 0.244. The van der Waals surface area contributed by atoms with Crippen molar-refractivity contribution < 1.29 is 9.53 Å². The van der Waals surface area contributed by atoms with Crippen LogP contribution in [0.4, 0.5) is 5.69 Å². The number of anilines is 1. The van der Waals surface area contributed by atoms with Crippen molar-refractivity contribution in [1.82, 2.24) is 0 Å². The van der Waals surface area contributed by atoms with Crippen LogP contribution in [-0.2, 0) is 4.79 Å². The number of halogens is 1. The number of rotatable bonds is 4. The highest BCUT2D eigenvalue weighted by Gasteiger charge is 2.00. The summed E-state index contributed by atoms with van der Waals surface area (Å²) < 4.78 is 5.63. The summed E-state index contributed by atoms with van der Waals surface area (Å²) in [5.74, 6) is 1.14. The van der Waals surface area contributed by atoms with Crippen LogP contribution in [0.15, 0.2) is 61.2 Å². The number of benzene rings is 2. The second kappa shape index (κ2) is 6.07. The Balaban J connectivity index is 2.04. The Morgan fingerprint density at radius 3 is 2.11 bits per heavy atom. The van der Waals surface area contributed by atoms with Crippen LogP contribution in [0.3, 0.4) is 0 Å². The highest BCUT2D eigenvalue weighted by molar-refractivity contribution is 6.30. The topological polar surface area (TPSA) is 38.3 Å². The van der Waals surface area contributed by atoms with Crippen LogP contribution in [-0.4, -0.2) is 5.91 Å². The standard InChI is InChI=1S/C15H12ClNO2/c1-2-15(18)17-12-5-9-14(10-6-12)19-13-7-3-11(16)4-8-13/h2-10H,1H2,(H,17,18). The molecular formula is C15H12ClNO2. The molecule has 0 atom stereocenters. The summed E-state index contributed by atoms with van der Waals surface area (Å²) >= 11 is 5.79.